The Kier molecular flexibility index (Phi) is 7.20. The van der Waals surface area contributed by atoms with Crippen molar-refractivity contribution in [3.63, 3.8) is 0 Å². The molecule has 86 valence electrons. The van der Waals surface area contributed by atoms with E-state index in [2.05, 4.69) is 32.6 Å². The van der Waals surface area contributed by atoms with Gasteiger partial charge in [-0.15, -0.1) is 0 Å². The minimum atomic E-state index is 0.170. The first-order valence-corrected chi connectivity index (χ1v) is 6.03. The summed E-state index contributed by atoms with van der Waals surface area (Å²) in [6.45, 7) is 12.1. The quantitative estimate of drug-likeness (QED) is 0.610. The zero-order valence-corrected chi connectivity index (χ0v) is 10.5. The van der Waals surface area contributed by atoms with Crippen LogP contribution >= 0.6 is 0 Å². The van der Waals surface area contributed by atoms with Gasteiger partial charge in [-0.2, -0.15) is 0 Å². The average Bonchev–Trinajstić information content (AvgIpc) is 2.17. The number of nitrogens with zero attached hydrogens (tertiary/aromatic N) is 1. The van der Waals surface area contributed by atoms with E-state index in [9.17, 15) is 0 Å². The van der Waals surface area contributed by atoms with E-state index < -0.39 is 0 Å². The predicted octanol–water partition coefficient (Wildman–Crippen LogP) is 2.63. The molecule has 0 bridgehead atoms. The molecule has 0 aromatic heterocycles. The van der Waals surface area contributed by atoms with Gasteiger partial charge in [0.2, 0.25) is 0 Å². The van der Waals surface area contributed by atoms with Gasteiger partial charge in [0.15, 0.2) is 0 Å². The molecule has 2 N–H and O–H groups in total. The highest BCUT2D eigenvalue weighted by Crippen LogP contribution is 2.14. The van der Waals surface area contributed by atoms with Crippen molar-refractivity contribution in [2.75, 3.05) is 19.6 Å². The molecule has 2 heteroatoms. The SMILES string of the molecule is CCCCCN(CCC)C(C)(C)CN. The lowest BCUT2D eigenvalue weighted by Crippen LogP contribution is -2.50. The van der Waals surface area contributed by atoms with Gasteiger partial charge in [0.25, 0.3) is 0 Å². The summed E-state index contributed by atoms with van der Waals surface area (Å²) >= 11 is 0. The maximum atomic E-state index is 5.80. The van der Waals surface area contributed by atoms with Gasteiger partial charge in [-0.3, -0.25) is 4.90 Å². The molecule has 0 saturated heterocycles. The Morgan fingerprint density at radius 3 is 2.07 bits per heavy atom. The summed E-state index contributed by atoms with van der Waals surface area (Å²) < 4.78 is 0. The molecule has 2 nitrogen and oxygen atoms in total. The third-order valence-corrected chi connectivity index (χ3v) is 2.88. The van der Waals surface area contributed by atoms with E-state index in [1.807, 2.05) is 0 Å². The molecule has 0 radical (unpaired) electrons. The maximum Gasteiger partial charge on any atom is 0.0275 e. The van der Waals surface area contributed by atoms with Crippen molar-refractivity contribution < 1.29 is 0 Å². The van der Waals surface area contributed by atoms with Crippen molar-refractivity contribution in [2.45, 2.75) is 58.9 Å². The third kappa shape index (κ3) is 4.97. The molecule has 0 amide bonds. The average molecular weight is 200 g/mol. The molecule has 0 saturated carbocycles. The van der Waals surface area contributed by atoms with Gasteiger partial charge >= 0.3 is 0 Å². The van der Waals surface area contributed by atoms with E-state index in [0.29, 0.717) is 0 Å². The van der Waals surface area contributed by atoms with Crippen LogP contribution in [0.3, 0.4) is 0 Å². The fourth-order valence-corrected chi connectivity index (χ4v) is 1.67. The van der Waals surface area contributed by atoms with E-state index >= 15 is 0 Å². The molecule has 0 spiro atoms. The van der Waals surface area contributed by atoms with Gasteiger partial charge in [0.1, 0.15) is 0 Å². The second-order valence-corrected chi connectivity index (χ2v) is 4.71. The molecule has 0 atom stereocenters. The molecule has 0 unspecified atom stereocenters. The second-order valence-electron chi connectivity index (χ2n) is 4.71. The van der Waals surface area contributed by atoms with Crippen molar-refractivity contribution in [1.29, 1.82) is 0 Å². The Hall–Kier alpha value is -0.0800. The minimum absolute atomic E-state index is 0.170. The highest BCUT2D eigenvalue weighted by Gasteiger charge is 2.23. The fraction of sp³-hybridized carbons (Fsp3) is 1.00. The van der Waals surface area contributed by atoms with Gasteiger partial charge in [-0.25, -0.2) is 0 Å². The lowest BCUT2D eigenvalue weighted by molar-refractivity contribution is 0.124. The van der Waals surface area contributed by atoms with Crippen LogP contribution in [0, 0.1) is 0 Å². The normalized spacial score (nSPS) is 12.4. The van der Waals surface area contributed by atoms with E-state index in [1.165, 1.54) is 38.8 Å². The highest BCUT2D eigenvalue weighted by molar-refractivity contribution is 4.82. The molecular weight excluding hydrogens is 172 g/mol. The molecule has 0 aromatic rings. The van der Waals surface area contributed by atoms with Crippen LogP contribution in [-0.4, -0.2) is 30.1 Å². The third-order valence-electron chi connectivity index (χ3n) is 2.88. The van der Waals surface area contributed by atoms with Crippen LogP contribution in [0.1, 0.15) is 53.4 Å². The summed E-state index contributed by atoms with van der Waals surface area (Å²) in [6.07, 6.45) is 5.15. The topological polar surface area (TPSA) is 29.3 Å². The van der Waals surface area contributed by atoms with Crippen molar-refractivity contribution >= 4 is 0 Å². The van der Waals surface area contributed by atoms with Gasteiger partial charge in [0.05, 0.1) is 0 Å². The highest BCUT2D eigenvalue weighted by atomic mass is 15.2. The molecule has 0 fully saturated rings. The molecule has 0 aliphatic carbocycles. The Labute approximate surface area is 89.9 Å². The van der Waals surface area contributed by atoms with Crippen LogP contribution in [0.2, 0.25) is 0 Å². The Morgan fingerprint density at radius 2 is 1.64 bits per heavy atom. The van der Waals surface area contributed by atoms with Crippen LogP contribution in [0.15, 0.2) is 0 Å². The van der Waals surface area contributed by atoms with E-state index in [0.717, 1.165) is 6.54 Å². The molecule has 0 rings (SSSR count). The largest absolute Gasteiger partial charge is 0.329 e. The predicted molar refractivity (Wildman–Crippen MR) is 64.5 cm³/mol. The number of hydrogen-bond acceptors (Lipinski definition) is 2. The summed E-state index contributed by atoms with van der Waals surface area (Å²) in [4.78, 5) is 2.53. The van der Waals surface area contributed by atoms with Gasteiger partial charge < -0.3 is 5.73 Å². The second kappa shape index (κ2) is 7.24. The van der Waals surface area contributed by atoms with Gasteiger partial charge in [-0.1, -0.05) is 26.7 Å². The van der Waals surface area contributed by atoms with Gasteiger partial charge in [-0.05, 0) is 39.8 Å². The Bertz CT molecular complexity index is 132. The molecule has 14 heavy (non-hydrogen) atoms. The summed E-state index contributed by atoms with van der Waals surface area (Å²) in [7, 11) is 0. The fourth-order valence-electron chi connectivity index (χ4n) is 1.67. The monoisotopic (exact) mass is 200 g/mol. The van der Waals surface area contributed by atoms with E-state index in [4.69, 9.17) is 5.73 Å². The lowest BCUT2D eigenvalue weighted by atomic mass is 10.0. The first-order valence-electron chi connectivity index (χ1n) is 6.03. The standard InChI is InChI=1S/C12H28N2/c1-5-7-8-10-14(9-6-2)12(3,4)11-13/h5-11,13H2,1-4H3. The Balaban J connectivity index is 4.00. The minimum Gasteiger partial charge on any atom is -0.329 e. The van der Waals surface area contributed by atoms with Crippen LogP contribution < -0.4 is 5.73 Å². The zero-order valence-electron chi connectivity index (χ0n) is 10.5. The Morgan fingerprint density at radius 1 is 1.00 bits per heavy atom. The lowest BCUT2D eigenvalue weighted by Gasteiger charge is -2.37. The smallest absolute Gasteiger partial charge is 0.0275 e. The first kappa shape index (κ1) is 13.9. The molecule has 0 aromatic carbocycles. The van der Waals surface area contributed by atoms with E-state index in [1.54, 1.807) is 0 Å². The van der Waals surface area contributed by atoms with E-state index in [-0.39, 0.29) is 5.54 Å². The summed E-state index contributed by atoms with van der Waals surface area (Å²) in [6, 6.07) is 0. The molecule has 0 aliphatic heterocycles. The van der Waals surface area contributed by atoms with Crippen molar-refractivity contribution in [2.24, 2.45) is 5.73 Å². The number of rotatable bonds is 8. The summed E-state index contributed by atoms with van der Waals surface area (Å²) in [5, 5.41) is 0. The number of unbranched alkanes of at least 4 members (excludes halogenated alkanes) is 2. The van der Waals surface area contributed by atoms with Crippen LogP contribution in [0.25, 0.3) is 0 Å². The maximum absolute atomic E-state index is 5.80. The van der Waals surface area contributed by atoms with Crippen LogP contribution in [0.4, 0.5) is 0 Å². The van der Waals surface area contributed by atoms with Gasteiger partial charge in [0, 0.05) is 12.1 Å². The van der Waals surface area contributed by atoms with Crippen molar-refractivity contribution in [1.82, 2.24) is 4.90 Å². The summed E-state index contributed by atoms with van der Waals surface area (Å²) in [5.74, 6) is 0. The van der Waals surface area contributed by atoms with Crippen molar-refractivity contribution in [3.05, 3.63) is 0 Å². The number of nitrogens with two attached hydrogens (primary N) is 1. The van der Waals surface area contributed by atoms with Crippen LogP contribution in [-0.2, 0) is 0 Å². The first-order chi connectivity index (χ1) is 6.58. The van der Waals surface area contributed by atoms with Crippen LogP contribution in [0.5, 0.6) is 0 Å². The van der Waals surface area contributed by atoms with Crippen molar-refractivity contribution in [3.8, 4) is 0 Å². The number of hydrogen-bond donors (Lipinski definition) is 1. The zero-order chi connectivity index (χ0) is 11.0. The molecule has 0 aliphatic rings. The molecule has 0 heterocycles. The molecular formula is C12H28N2. The summed E-state index contributed by atoms with van der Waals surface area (Å²) in [5.41, 5.74) is 5.97.